The van der Waals surface area contributed by atoms with Crippen molar-refractivity contribution < 1.29 is 4.42 Å². The highest BCUT2D eigenvalue weighted by molar-refractivity contribution is 7.14. The Morgan fingerprint density at radius 2 is 2.04 bits per heavy atom. The highest BCUT2D eigenvalue weighted by atomic mass is 32.1. The number of aromatic nitrogens is 2. The van der Waals surface area contributed by atoms with Crippen molar-refractivity contribution >= 4 is 16.5 Å². The molecule has 0 unspecified atom stereocenters. The summed E-state index contributed by atoms with van der Waals surface area (Å²) in [5, 5.41) is 3.36. The molecule has 1 fully saturated rings. The third kappa shape index (κ3) is 2.88. The Balaban J connectivity index is 1.61. The molecule has 1 aliphatic rings. The third-order valence-corrected chi connectivity index (χ3v) is 5.76. The second kappa shape index (κ2) is 6.48. The number of rotatable bonds is 4. The number of anilines is 1. The summed E-state index contributed by atoms with van der Waals surface area (Å²) in [4.78, 5) is 7.35. The zero-order chi connectivity index (χ0) is 16.5. The van der Waals surface area contributed by atoms with Crippen molar-refractivity contribution in [1.82, 2.24) is 9.55 Å². The Kier molecular flexibility index (Phi) is 4.19. The molecule has 1 aliphatic heterocycles. The highest BCUT2D eigenvalue weighted by Crippen LogP contribution is 2.32. The molecule has 4 nitrogen and oxygen atoms in total. The fourth-order valence-electron chi connectivity index (χ4n) is 3.48. The van der Waals surface area contributed by atoms with Crippen LogP contribution >= 0.6 is 11.3 Å². The van der Waals surface area contributed by atoms with Gasteiger partial charge in [0, 0.05) is 35.4 Å². The lowest BCUT2D eigenvalue weighted by Crippen LogP contribution is -2.29. The summed E-state index contributed by atoms with van der Waals surface area (Å²) in [5.74, 6) is 0.982. The van der Waals surface area contributed by atoms with E-state index in [2.05, 4.69) is 34.8 Å². The van der Waals surface area contributed by atoms with Crippen LogP contribution in [-0.2, 0) is 6.54 Å². The quantitative estimate of drug-likeness (QED) is 0.679. The number of furan rings is 1. The summed E-state index contributed by atoms with van der Waals surface area (Å²) in [6.07, 6.45) is 5.65. The van der Waals surface area contributed by atoms with E-state index in [4.69, 9.17) is 9.40 Å². The van der Waals surface area contributed by atoms with Gasteiger partial charge in [0.2, 0.25) is 0 Å². The molecule has 3 aromatic rings. The summed E-state index contributed by atoms with van der Waals surface area (Å²) >= 11 is 1.77. The fraction of sp³-hybridized carbons (Fsp3) is 0.421. The maximum absolute atomic E-state index is 5.50. The number of hydrogen-bond donors (Lipinski definition) is 0. The van der Waals surface area contributed by atoms with Gasteiger partial charge in [-0.2, -0.15) is 0 Å². The number of piperidine rings is 1. The number of aryl methyl sites for hydroxylation is 1. The van der Waals surface area contributed by atoms with Gasteiger partial charge in [0.25, 0.3) is 0 Å². The first-order chi connectivity index (χ1) is 11.7. The van der Waals surface area contributed by atoms with Gasteiger partial charge in [-0.25, -0.2) is 4.98 Å². The Labute approximate surface area is 146 Å². The van der Waals surface area contributed by atoms with Crippen LogP contribution in [0.1, 0.15) is 36.4 Å². The molecule has 1 saturated heterocycles. The second-order valence-electron chi connectivity index (χ2n) is 6.51. The van der Waals surface area contributed by atoms with Crippen LogP contribution in [0.3, 0.4) is 0 Å². The number of nitrogens with zero attached hydrogens (tertiary/aromatic N) is 3. The van der Waals surface area contributed by atoms with Crippen LogP contribution in [-0.4, -0.2) is 22.6 Å². The van der Waals surface area contributed by atoms with Gasteiger partial charge in [-0.1, -0.05) is 0 Å². The first kappa shape index (κ1) is 15.5. The first-order valence-corrected chi connectivity index (χ1v) is 9.50. The topological polar surface area (TPSA) is 34.2 Å². The van der Waals surface area contributed by atoms with Crippen LogP contribution in [0.25, 0.3) is 11.3 Å². The van der Waals surface area contributed by atoms with Crippen LogP contribution < -0.4 is 4.90 Å². The lowest BCUT2D eigenvalue weighted by Gasteiger charge is -2.25. The predicted octanol–water partition coefficient (Wildman–Crippen LogP) is 4.86. The molecule has 4 heterocycles. The molecule has 3 aromatic heterocycles. The molecule has 24 heavy (non-hydrogen) atoms. The van der Waals surface area contributed by atoms with Crippen molar-refractivity contribution in [3.05, 3.63) is 47.0 Å². The molecule has 0 bridgehead atoms. The van der Waals surface area contributed by atoms with Crippen LogP contribution in [0.5, 0.6) is 0 Å². The first-order valence-electron chi connectivity index (χ1n) is 8.62. The molecule has 4 rings (SSSR count). The van der Waals surface area contributed by atoms with Gasteiger partial charge in [-0.05, 0) is 51.3 Å². The number of hydrogen-bond acceptors (Lipinski definition) is 4. The minimum absolute atomic E-state index is 0.772. The van der Waals surface area contributed by atoms with Crippen molar-refractivity contribution in [2.24, 2.45) is 0 Å². The van der Waals surface area contributed by atoms with Gasteiger partial charge < -0.3 is 13.9 Å². The zero-order valence-corrected chi connectivity index (χ0v) is 15.1. The summed E-state index contributed by atoms with van der Waals surface area (Å²) < 4.78 is 7.80. The van der Waals surface area contributed by atoms with Gasteiger partial charge in [0.05, 0.1) is 18.5 Å². The maximum atomic E-state index is 5.50. The van der Waals surface area contributed by atoms with Crippen LogP contribution in [0.15, 0.2) is 34.3 Å². The minimum atomic E-state index is 0.772. The van der Waals surface area contributed by atoms with Gasteiger partial charge in [-0.3, -0.25) is 0 Å². The normalized spacial score (nSPS) is 15.2. The average Bonchev–Trinajstić information content (AvgIpc) is 3.33. The molecule has 0 aromatic carbocycles. The van der Waals surface area contributed by atoms with Crippen molar-refractivity contribution in [1.29, 1.82) is 0 Å². The molecular weight excluding hydrogens is 318 g/mol. The smallest absolute Gasteiger partial charge is 0.185 e. The Morgan fingerprint density at radius 1 is 1.21 bits per heavy atom. The van der Waals surface area contributed by atoms with E-state index in [1.54, 1.807) is 17.6 Å². The SMILES string of the molecule is Cc1cc(-c2csc(N3CCCCC3)n2)c(C)n1Cc1ccco1. The molecular formula is C19H23N3OS. The minimum Gasteiger partial charge on any atom is -0.467 e. The van der Waals surface area contributed by atoms with Crippen LogP contribution in [0, 0.1) is 13.8 Å². The van der Waals surface area contributed by atoms with Gasteiger partial charge >= 0.3 is 0 Å². The van der Waals surface area contributed by atoms with E-state index >= 15 is 0 Å². The Bertz CT molecular complexity index is 810. The van der Waals surface area contributed by atoms with Crippen molar-refractivity contribution in [2.45, 2.75) is 39.7 Å². The summed E-state index contributed by atoms with van der Waals surface area (Å²) in [6.45, 7) is 7.38. The molecule has 0 spiro atoms. The van der Waals surface area contributed by atoms with E-state index in [-0.39, 0.29) is 0 Å². The molecule has 0 amide bonds. The van der Waals surface area contributed by atoms with E-state index in [1.165, 1.54) is 41.3 Å². The van der Waals surface area contributed by atoms with E-state index in [1.807, 2.05) is 12.1 Å². The van der Waals surface area contributed by atoms with E-state index in [0.717, 1.165) is 31.1 Å². The van der Waals surface area contributed by atoms with E-state index in [9.17, 15) is 0 Å². The van der Waals surface area contributed by atoms with Crippen molar-refractivity contribution in [2.75, 3.05) is 18.0 Å². The fourth-order valence-corrected chi connectivity index (χ4v) is 4.36. The molecule has 0 radical (unpaired) electrons. The highest BCUT2D eigenvalue weighted by Gasteiger charge is 2.18. The Morgan fingerprint density at radius 3 is 2.79 bits per heavy atom. The standard InChI is InChI=1S/C19H23N3OS/c1-14-11-17(15(2)22(14)12-16-7-6-10-23-16)18-13-24-19(20-18)21-8-4-3-5-9-21/h6-7,10-11,13H,3-5,8-9,12H2,1-2H3. The van der Waals surface area contributed by atoms with Crippen LogP contribution in [0.4, 0.5) is 5.13 Å². The monoisotopic (exact) mass is 341 g/mol. The van der Waals surface area contributed by atoms with Crippen LogP contribution in [0.2, 0.25) is 0 Å². The van der Waals surface area contributed by atoms with E-state index < -0.39 is 0 Å². The third-order valence-electron chi connectivity index (χ3n) is 4.86. The lowest BCUT2D eigenvalue weighted by atomic mass is 10.1. The predicted molar refractivity (Wildman–Crippen MR) is 98.9 cm³/mol. The molecule has 0 N–H and O–H groups in total. The van der Waals surface area contributed by atoms with Gasteiger partial charge in [-0.15, -0.1) is 11.3 Å². The maximum Gasteiger partial charge on any atom is 0.185 e. The summed E-state index contributed by atoms with van der Waals surface area (Å²) in [5.41, 5.74) is 4.82. The molecule has 0 atom stereocenters. The second-order valence-corrected chi connectivity index (χ2v) is 7.35. The molecule has 5 heteroatoms. The number of thiazole rings is 1. The average molecular weight is 341 g/mol. The van der Waals surface area contributed by atoms with E-state index in [0.29, 0.717) is 0 Å². The molecule has 0 aliphatic carbocycles. The largest absolute Gasteiger partial charge is 0.467 e. The molecule has 0 saturated carbocycles. The van der Waals surface area contributed by atoms with Crippen molar-refractivity contribution in [3.63, 3.8) is 0 Å². The molecule has 126 valence electrons. The Hall–Kier alpha value is -2.01. The van der Waals surface area contributed by atoms with Gasteiger partial charge in [0.15, 0.2) is 5.13 Å². The lowest BCUT2D eigenvalue weighted by molar-refractivity contribution is 0.489. The van der Waals surface area contributed by atoms with Crippen molar-refractivity contribution in [3.8, 4) is 11.3 Å². The summed E-state index contributed by atoms with van der Waals surface area (Å²) in [6, 6.07) is 6.21. The van der Waals surface area contributed by atoms with Gasteiger partial charge in [0.1, 0.15) is 5.76 Å². The summed E-state index contributed by atoms with van der Waals surface area (Å²) in [7, 11) is 0. The zero-order valence-electron chi connectivity index (χ0n) is 14.3.